The van der Waals surface area contributed by atoms with Crippen molar-refractivity contribution in [2.75, 3.05) is 9.80 Å². The molecule has 4 heterocycles. The summed E-state index contributed by atoms with van der Waals surface area (Å²) in [6.45, 7) is 23.9. The molecular formula is C64H59BN2O2. The van der Waals surface area contributed by atoms with Gasteiger partial charge in [-0.2, -0.15) is 0 Å². The van der Waals surface area contributed by atoms with E-state index in [1.54, 1.807) is 0 Å². The molecular weight excluding hydrogens is 840 g/mol. The summed E-state index contributed by atoms with van der Waals surface area (Å²) in [5.74, 6) is 0. The molecule has 0 radical (unpaired) electrons. The molecule has 0 saturated carbocycles. The van der Waals surface area contributed by atoms with Crippen LogP contribution in [-0.4, -0.2) is 6.71 Å². The van der Waals surface area contributed by atoms with E-state index in [1.807, 2.05) is 6.07 Å². The van der Waals surface area contributed by atoms with Crippen LogP contribution in [0.1, 0.15) is 104 Å². The Kier molecular flexibility index (Phi) is 8.73. The van der Waals surface area contributed by atoms with Crippen LogP contribution < -0.4 is 26.2 Å². The minimum absolute atomic E-state index is 0.00477. The van der Waals surface area contributed by atoms with E-state index in [4.69, 9.17) is 8.83 Å². The third-order valence-corrected chi connectivity index (χ3v) is 16.2. The lowest BCUT2D eigenvalue weighted by atomic mass is 9.32. The molecule has 0 unspecified atom stereocenters. The van der Waals surface area contributed by atoms with Crippen LogP contribution in [0.15, 0.2) is 160 Å². The summed E-state index contributed by atoms with van der Waals surface area (Å²) in [4.78, 5) is 5.16. The first-order valence-electron chi connectivity index (χ1n) is 25.0. The first kappa shape index (κ1) is 42.2. The summed E-state index contributed by atoms with van der Waals surface area (Å²) in [6.07, 6.45) is 2.30. The molecule has 4 nitrogen and oxygen atoms in total. The second-order valence-corrected chi connectivity index (χ2v) is 23.6. The average Bonchev–Trinajstić information content (AvgIpc) is 3.90. The van der Waals surface area contributed by atoms with Gasteiger partial charge in [0, 0.05) is 67.3 Å². The monoisotopic (exact) mass is 898 g/mol. The van der Waals surface area contributed by atoms with Gasteiger partial charge in [-0.25, -0.2) is 0 Å². The van der Waals surface area contributed by atoms with Crippen LogP contribution in [0.4, 0.5) is 34.1 Å². The van der Waals surface area contributed by atoms with Gasteiger partial charge < -0.3 is 18.6 Å². The number of hydrogen-bond donors (Lipinski definition) is 0. The summed E-state index contributed by atoms with van der Waals surface area (Å²) in [5.41, 5.74) is 22.5. The Morgan fingerprint density at radius 3 is 1.70 bits per heavy atom. The van der Waals surface area contributed by atoms with E-state index in [9.17, 15) is 0 Å². The second-order valence-electron chi connectivity index (χ2n) is 23.6. The number of furan rings is 2. The van der Waals surface area contributed by atoms with Crippen molar-refractivity contribution in [3.05, 3.63) is 174 Å². The lowest BCUT2D eigenvalue weighted by Crippen LogP contribution is -2.62. The van der Waals surface area contributed by atoms with Gasteiger partial charge in [-0.1, -0.05) is 154 Å². The molecule has 2 aliphatic heterocycles. The van der Waals surface area contributed by atoms with Crippen molar-refractivity contribution in [3.63, 3.8) is 0 Å². The van der Waals surface area contributed by atoms with E-state index in [-0.39, 0.29) is 28.4 Å². The van der Waals surface area contributed by atoms with Crippen LogP contribution in [0.25, 0.3) is 55.0 Å². The molecule has 10 aromatic rings. The van der Waals surface area contributed by atoms with Crippen LogP contribution in [0.2, 0.25) is 0 Å². The summed E-state index contributed by atoms with van der Waals surface area (Å²) in [5, 5.41) is 4.56. The van der Waals surface area contributed by atoms with E-state index in [0.717, 1.165) is 79.2 Å². The Balaban J connectivity index is 1.10. The van der Waals surface area contributed by atoms with Crippen molar-refractivity contribution in [1.29, 1.82) is 0 Å². The Morgan fingerprint density at radius 1 is 0.449 bits per heavy atom. The minimum atomic E-state index is -0.144. The van der Waals surface area contributed by atoms with Gasteiger partial charge in [-0.15, -0.1) is 0 Å². The van der Waals surface area contributed by atoms with Gasteiger partial charge in [-0.05, 0) is 139 Å². The van der Waals surface area contributed by atoms with Crippen LogP contribution in [0.3, 0.4) is 0 Å². The summed E-state index contributed by atoms with van der Waals surface area (Å²) in [7, 11) is 0. The maximum atomic E-state index is 6.63. The molecule has 0 fully saturated rings. The lowest BCUT2D eigenvalue weighted by Gasteiger charge is -2.48. The second kappa shape index (κ2) is 14.3. The van der Waals surface area contributed by atoms with E-state index in [2.05, 4.69) is 225 Å². The van der Waals surface area contributed by atoms with Crippen LogP contribution in [-0.2, 0) is 21.7 Å². The first-order valence-corrected chi connectivity index (χ1v) is 25.0. The largest absolute Gasteiger partial charge is 0.456 e. The Bertz CT molecular complexity index is 3780. The molecule has 0 bridgehead atoms. The summed E-state index contributed by atoms with van der Waals surface area (Å²) < 4.78 is 13.2. The molecule has 5 heteroatoms. The maximum absolute atomic E-state index is 6.63. The smallest absolute Gasteiger partial charge is 0.252 e. The van der Waals surface area contributed by atoms with Crippen molar-refractivity contribution in [1.82, 2.24) is 0 Å². The fraction of sp³-hybridized carbons (Fsp3) is 0.250. The van der Waals surface area contributed by atoms with Gasteiger partial charge >= 0.3 is 0 Å². The van der Waals surface area contributed by atoms with Gasteiger partial charge in [-0.3, -0.25) is 0 Å². The molecule has 8 aromatic carbocycles. The fourth-order valence-corrected chi connectivity index (χ4v) is 12.1. The van der Waals surface area contributed by atoms with Gasteiger partial charge in [0.25, 0.3) is 6.71 Å². The molecule has 340 valence electrons. The summed E-state index contributed by atoms with van der Waals surface area (Å²) in [6, 6.07) is 57.0. The summed E-state index contributed by atoms with van der Waals surface area (Å²) >= 11 is 0. The van der Waals surface area contributed by atoms with Gasteiger partial charge in [0.2, 0.25) is 0 Å². The van der Waals surface area contributed by atoms with Crippen molar-refractivity contribution >= 4 is 101 Å². The van der Waals surface area contributed by atoms with E-state index < -0.39 is 0 Å². The minimum Gasteiger partial charge on any atom is -0.456 e. The first-order chi connectivity index (χ1) is 32.9. The van der Waals surface area contributed by atoms with Gasteiger partial charge in [0.05, 0.1) is 0 Å². The third kappa shape index (κ3) is 6.28. The fourth-order valence-electron chi connectivity index (χ4n) is 12.1. The van der Waals surface area contributed by atoms with E-state index in [1.165, 1.54) is 61.4 Å². The van der Waals surface area contributed by atoms with Crippen LogP contribution >= 0.6 is 0 Å². The number of benzene rings is 8. The highest BCUT2D eigenvalue weighted by Crippen LogP contribution is 2.52. The number of nitrogens with zero attached hydrogens (tertiary/aromatic N) is 2. The zero-order chi connectivity index (χ0) is 47.5. The molecule has 0 saturated heterocycles. The number of anilines is 6. The molecule has 0 spiro atoms. The highest BCUT2D eigenvalue weighted by molar-refractivity contribution is 7.00. The SMILES string of the molecule is CC(C)(C)c1ccc2c(c1)B1c3cc4c(cc3N(c3ccc(-c5cccc6c5oc5ccccc56)cc3)c3cc(C(C)(C)C)cc(c31)N2c1ccc2c(c1)oc1ccccc12)C(C)(C)CCC4(C)C. The van der Waals surface area contributed by atoms with Crippen molar-refractivity contribution in [2.24, 2.45) is 0 Å². The number of fused-ring (bicyclic) bond motifs is 11. The highest BCUT2D eigenvalue weighted by atomic mass is 16.3. The number of rotatable bonds is 3. The van der Waals surface area contributed by atoms with Crippen LogP contribution in [0, 0.1) is 0 Å². The Hall–Kier alpha value is -6.98. The predicted molar refractivity (Wildman–Crippen MR) is 293 cm³/mol. The predicted octanol–water partition coefficient (Wildman–Crippen LogP) is 16.2. The third-order valence-electron chi connectivity index (χ3n) is 16.2. The number of para-hydroxylation sites is 3. The van der Waals surface area contributed by atoms with Gasteiger partial charge in [0.1, 0.15) is 22.3 Å². The molecule has 0 amide bonds. The van der Waals surface area contributed by atoms with Crippen molar-refractivity contribution < 1.29 is 8.83 Å². The normalized spacial score (nSPS) is 16.0. The van der Waals surface area contributed by atoms with Crippen molar-refractivity contribution in [2.45, 2.75) is 104 Å². The molecule has 2 aromatic heterocycles. The zero-order valence-electron chi connectivity index (χ0n) is 41.6. The lowest BCUT2D eigenvalue weighted by molar-refractivity contribution is 0.332. The Labute approximate surface area is 406 Å². The molecule has 0 atom stereocenters. The molecule has 1 aliphatic carbocycles. The van der Waals surface area contributed by atoms with E-state index >= 15 is 0 Å². The zero-order valence-corrected chi connectivity index (χ0v) is 41.6. The average molecular weight is 899 g/mol. The molecule has 13 rings (SSSR count). The van der Waals surface area contributed by atoms with Gasteiger partial charge in [0.15, 0.2) is 0 Å². The Morgan fingerprint density at radius 2 is 1.01 bits per heavy atom. The number of hydrogen-bond acceptors (Lipinski definition) is 4. The molecule has 0 N–H and O–H groups in total. The highest BCUT2D eigenvalue weighted by Gasteiger charge is 2.47. The topological polar surface area (TPSA) is 32.8 Å². The maximum Gasteiger partial charge on any atom is 0.252 e. The standard InChI is InChI=1S/C64H59BN2O2/c1-61(2,3)39-24-29-52-50(32-39)65-51-36-48-49(64(9,10)31-30-63(48,7)8)37-53(51)66(41-25-22-38(23-26-41)43-18-15-19-47-45-17-12-14-21-57(45)69-60(43)47)54-33-40(62(4,5)6)34-55(59(54)65)67(52)42-27-28-46-44-16-11-13-20-56(44)68-58(46)35-42/h11-29,32-37H,30-31H2,1-10H3. The van der Waals surface area contributed by atoms with Crippen LogP contribution in [0.5, 0.6) is 0 Å². The molecule has 69 heavy (non-hydrogen) atoms. The van der Waals surface area contributed by atoms with E-state index in [0.29, 0.717) is 0 Å². The quantitative estimate of drug-likeness (QED) is 0.165. The molecule has 3 aliphatic rings. The van der Waals surface area contributed by atoms with Crippen molar-refractivity contribution in [3.8, 4) is 11.1 Å².